The van der Waals surface area contributed by atoms with Gasteiger partial charge in [0.15, 0.2) is 0 Å². The molecule has 0 bridgehead atoms. The molecular weight excluding hydrogens is 427 g/mol. The van der Waals surface area contributed by atoms with Crippen LogP contribution in [-0.2, 0) is 28.9 Å². The van der Waals surface area contributed by atoms with Crippen molar-refractivity contribution in [1.29, 1.82) is 0 Å². The lowest BCUT2D eigenvalue weighted by molar-refractivity contribution is -0.194. The number of hydroxylamine groups is 2. The van der Waals surface area contributed by atoms with Crippen LogP contribution in [0.15, 0.2) is 48.5 Å². The van der Waals surface area contributed by atoms with Crippen LogP contribution in [0.2, 0.25) is 0 Å². The second-order valence-corrected chi connectivity index (χ2v) is 8.09. The minimum Gasteiger partial charge on any atom is -0.368 e. The van der Waals surface area contributed by atoms with Crippen molar-refractivity contribution in [3.05, 3.63) is 70.8 Å². The standard InChI is InChI=1S/C27H32F3NO2/c1-3-4-5-6-7-8-9-10-11-23-12-14-24(15-13-23)20-31(33-22(2)32)21-25-16-18-26(19-17-25)27(28,29)30/h12-19H,3-9,20-21H2,1-2H3. The summed E-state index contributed by atoms with van der Waals surface area (Å²) in [5.41, 5.74) is 1.73. The number of alkyl halides is 3. The van der Waals surface area contributed by atoms with Crippen LogP contribution in [0.4, 0.5) is 13.2 Å². The number of hydrogen-bond acceptors (Lipinski definition) is 3. The van der Waals surface area contributed by atoms with Gasteiger partial charge < -0.3 is 4.84 Å². The average molecular weight is 460 g/mol. The van der Waals surface area contributed by atoms with Crippen LogP contribution in [0.1, 0.15) is 81.0 Å². The van der Waals surface area contributed by atoms with E-state index < -0.39 is 17.7 Å². The van der Waals surface area contributed by atoms with E-state index in [2.05, 4.69) is 18.8 Å². The summed E-state index contributed by atoms with van der Waals surface area (Å²) in [5, 5.41) is 1.43. The molecule has 2 rings (SSSR count). The summed E-state index contributed by atoms with van der Waals surface area (Å²) in [4.78, 5) is 16.7. The number of benzene rings is 2. The predicted molar refractivity (Wildman–Crippen MR) is 124 cm³/mol. The van der Waals surface area contributed by atoms with Gasteiger partial charge in [-0.2, -0.15) is 13.2 Å². The normalized spacial score (nSPS) is 11.2. The number of halogens is 3. The van der Waals surface area contributed by atoms with E-state index in [1.807, 2.05) is 24.3 Å². The Labute approximate surface area is 194 Å². The maximum absolute atomic E-state index is 12.8. The molecule has 0 radical (unpaired) electrons. The Morgan fingerprint density at radius 3 is 1.97 bits per heavy atom. The van der Waals surface area contributed by atoms with Crippen LogP contribution >= 0.6 is 0 Å². The smallest absolute Gasteiger partial charge is 0.368 e. The van der Waals surface area contributed by atoms with Crippen molar-refractivity contribution in [2.45, 2.75) is 78.1 Å². The van der Waals surface area contributed by atoms with E-state index in [0.29, 0.717) is 12.1 Å². The van der Waals surface area contributed by atoms with Gasteiger partial charge in [-0.15, -0.1) is 5.06 Å². The zero-order chi connectivity index (χ0) is 24.1. The van der Waals surface area contributed by atoms with E-state index in [-0.39, 0.29) is 6.54 Å². The molecule has 0 saturated carbocycles. The molecule has 178 valence electrons. The van der Waals surface area contributed by atoms with Gasteiger partial charge in [0.25, 0.3) is 0 Å². The summed E-state index contributed by atoms with van der Waals surface area (Å²) in [5.74, 6) is 5.91. The molecule has 0 unspecified atom stereocenters. The Balaban J connectivity index is 1.90. The minimum atomic E-state index is -4.38. The van der Waals surface area contributed by atoms with Gasteiger partial charge in [0.2, 0.25) is 0 Å². The third-order valence-corrected chi connectivity index (χ3v) is 5.10. The van der Waals surface area contributed by atoms with E-state index in [0.717, 1.165) is 36.1 Å². The van der Waals surface area contributed by atoms with Crippen LogP contribution in [0.3, 0.4) is 0 Å². The van der Waals surface area contributed by atoms with Crippen molar-refractivity contribution in [1.82, 2.24) is 5.06 Å². The SMILES string of the molecule is CCCCCCCCC#Cc1ccc(CN(Cc2ccc(C(F)(F)F)cc2)OC(C)=O)cc1. The summed E-state index contributed by atoms with van der Waals surface area (Å²) >= 11 is 0. The Bertz CT molecular complexity index is 910. The quantitative estimate of drug-likeness (QED) is 0.201. The molecule has 0 heterocycles. The Hall–Kier alpha value is -2.78. The highest BCUT2D eigenvalue weighted by molar-refractivity contribution is 5.65. The van der Waals surface area contributed by atoms with Crippen molar-refractivity contribution in [2.75, 3.05) is 0 Å². The molecule has 0 aliphatic rings. The van der Waals surface area contributed by atoms with Gasteiger partial charge in [-0.3, -0.25) is 4.79 Å². The first-order chi connectivity index (χ1) is 15.8. The lowest BCUT2D eigenvalue weighted by Gasteiger charge is -2.21. The molecule has 0 aliphatic carbocycles. The van der Waals surface area contributed by atoms with E-state index in [1.54, 1.807) is 0 Å². The molecule has 0 saturated heterocycles. The Morgan fingerprint density at radius 1 is 0.879 bits per heavy atom. The fourth-order valence-corrected chi connectivity index (χ4v) is 3.36. The lowest BCUT2D eigenvalue weighted by Crippen LogP contribution is -2.25. The number of carbonyl (C=O) groups is 1. The van der Waals surface area contributed by atoms with Crippen LogP contribution < -0.4 is 0 Å². The third-order valence-electron chi connectivity index (χ3n) is 5.10. The largest absolute Gasteiger partial charge is 0.416 e. The highest BCUT2D eigenvalue weighted by Crippen LogP contribution is 2.29. The second-order valence-electron chi connectivity index (χ2n) is 8.09. The third kappa shape index (κ3) is 10.6. The van der Waals surface area contributed by atoms with Crippen molar-refractivity contribution in [3.63, 3.8) is 0 Å². The molecule has 2 aromatic rings. The summed E-state index contributed by atoms with van der Waals surface area (Å²) in [7, 11) is 0. The van der Waals surface area contributed by atoms with E-state index in [1.165, 1.54) is 56.2 Å². The molecule has 0 atom stereocenters. The molecule has 2 aromatic carbocycles. The van der Waals surface area contributed by atoms with Crippen molar-refractivity contribution < 1.29 is 22.8 Å². The van der Waals surface area contributed by atoms with Crippen LogP contribution in [-0.4, -0.2) is 11.0 Å². The summed E-state index contributed by atoms with van der Waals surface area (Å²) in [6.45, 7) is 4.00. The van der Waals surface area contributed by atoms with Gasteiger partial charge in [0, 0.05) is 18.9 Å². The first-order valence-corrected chi connectivity index (χ1v) is 11.5. The number of carbonyl (C=O) groups excluding carboxylic acids is 1. The van der Waals surface area contributed by atoms with Crippen molar-refractivity contribution in [3.8, 4) is 11.8 Å². The van der Waals surface area contributed by atoms with Gasteiger partial charge in [0.05, 0.1) is 18.7 Å². The van der Waals surface area contributed by atoms with Crippen molar-refractivity contribution >= 4 is 5.97 Å². The minimum absolute atomic E-state index is 0.178. The average Bonchev–Trinajstić information content (AvgIpc) is 2.76. The predicted octanol–water partition coefficient (Wildman–Crippen LogP) is 7.29. The van der Waals surface area contributed by atoms with Crippen LogP contribution in [0, 0.1) is 11.8 Å². The molecule has 0 aromatic heterocycles. The van der Waals surface area contributed by atoms with E-state index in [4.69, 9.17) is 4.84 Å². The highest BCUT2D eigenvalue weighted by atomic mass is 19.4. The van der Waals surface area contributed by atoms with Crippen molar-refractivity contribution in [2.24, 2.45) is 0 Å². The number of nitrogens with zero attached hydrogens (tertiary/aromatic N) is 1. The molecule has 3 nitrogen and oxygen atoms in total. The molecule has 0 aliphatic heterocycles. The molecule has 0 amide bonds. The maximum atomic E-state index is 12.8. The fourth-order valence-electron chi connectivity index (χ4n) is 3.36. The summed E-state index contributed by atoms with van der Waals surface area (Å²) < 4.78 is 38.3. The lowest BCUT2D eigenvalue weighted by atomic mass is 10.1. The number of hydrogen-bond donors (Lipinski definition) is 0. The first kappa shape index (κ1) is 26.5. The topological polar surface area (TPSA) is 29.5 Å². The molecule has 0 N–H and O–H groups in total. The molecule has 0 fully saturated rings. The molecule has 6 heteroatoms. The Kier molecular flexibility index (Phi) is 11.0. The van der Waals surface area contributed by atoms with E-state index in [9.17, 15) is 18.0 Å². The summed E-state index contributed by atoms with van der Waals surface area (Å²) in [6, 6.07) is 12.5. The monoisotopic (exact) mass is 459 g/mol. The van der Waals surface area contributed by atoms with E-state index >= 15 is 0 Å². The maximum Gasteiger partial charge on any atom is 0.416 e. The zero-order valence-electron chi connectivity index (χ0n) is 19.4. The van der Waals surface area contributed by atoms with Crippen LogP contribution in [0.25, 0.3) is 0 Å². The highest BCUT2D eigenvalue weighted by Gasteiger charge is 2.30. The molecule has 0 spiro atoms. The van der Waals surface area contributed by atoms with Crippen LogP contribution in [0.5, 0.6) is 0 Å². The first-order valence-electron chi connectivity index (χ1n) is 11.5. The molecule has 33 heavy (non-hydrogen) atoms. The second kappa shape index (κ2) is 13.7. The fraction of sp³-hybridized carbons (Fsp3) is 0.444. The van der Waals surface area contributed by atoms with Gasteiger partial charge >= 0.3 is 12.1 Å². The Morgan fingerprint density at radius 2 is 1.42 bits per heavy atom. The zero-order valence-corrected chi connectivity index (χ0v) is 19.4. The van der Waals surface area contributed by atoms with Gasteiger partial charge in [-0.05, 0) is 41.8 Å². The number of rotatable bonds is 11. The number of unbranched alkanes of at least 4 members (excludes halogenated alkanes) is 6. The van der Waals surface area contributed by atoms with Gasteiger partial charge in [0.1, 0.15) is 0 Å². The molecular formula is C27H32F3NO2. The van der Waals surface area contributed by atoms with Gasteiger partial charge in [-0.1, -0.05) is 75.1 Å². The summed E-state index contributed by atoms with van der Waals surface area (Å²) in [6.07, 6.45) is 3.98. The van der Waals surface area contributed by atoms with Gasteiger partial charge in [-0.25, -0.2) is 0 Å².